The van der Waals surface area contributed by atoms with E-state index < -0.39 is 0 Å². The van der Waals surface area contributed by atoms with Crippen LogP contribution in [0.2, 0.25) is 0 Å². The highest BCUT2D eigenvalue weighted by molar-refractivity contribution is 5.78. The molecule has 0 radical (unpaired) electrons. The van der Waals surface area contributed by atoms with Crippen LogP contribution in [0.4, 0.5) is 0 Å². The molecule has 0 saturated heterocycles. The smallest absolute Gasteiger partial charge is 0.231 e. The Hall–Kier alpha value is -2.76. The fraction of sp³-hybridized carbons (Fsp3) is 0.333. The number of methoxy groups -OCH3 is 1. The average Bonchev–Trinajstić information content (AvgIpc) is 3.02. The third-order valence-electron chi connectivity index (χ3n) is 4.00. The van der Waals surface area contributed by atoms with Crippen molar-refractivity contribution in [3.8, 4) is 17.2 Å². The van der Waals surface area contributed by atoms with Crippen molar-refractivity contribution in [2.24, 2.45) is 0 Å². The van der Waals surface area contributed by atoms with E-state index in [2.05, 4.69) is 10.3 Å². The highest BCUT2D eigenvalue weighted by Gasteiger charge is 2.15. The Kier molecular flexibility index (Phi) is 4.55. The second-order valence-corrected chi connectivity index (χ2v) is 5.69. The van der Waals surface area contributed by atoms with Crippen LogP contribution in [0.25, 0.3) is 0 Å². The van der Waals surface area contributed by atoms with Gasteiger partial charge in [0, 0.05) is 17.3 Å². The predicted octanol–water partition coefficient (Wildman–Crippen LogP) is 2.29. The first kappa shape index (κ1) is 16.1. The number of nitrogens with one attached hydrogen (secondary N) is 1. The van der Waals surface area contributed by atoms with Gasteiger partial charge in [0.2, 0.25) is 12.7 Å². The van der Waals surface area contributed by atoms with Crippen LogP contribution in [0.5, 0.6) is 17.2 Å². The number of hydrogen-bond donors (Lipinski definition) is 1. The van der Waals surface area contributed by atoms with Gasteiger partial charge in [0.25, 0.3) is 0 Å². The summed E-state index contributed by atoms with van der Waals surface area (Å²) in [6, 6.07) is 5.52. The highest BCUT2D eigenvalue weighted by Crippen LogP contribution is 2.32. The van der Waals surface area contributed by atoms with Gasteiger partial charge < -0.3 is 19.5 Å². The minimum atomic E-state index is -0.0744. The first-order chi connectivity index (χ1) is 11.6. The van der Waals surface area contributed by atoms with Crippen molar-refractivity contribution in [3.63, 3.8) is 0 Å². The van der Waals surface area contributed by atoms with Crippen molar-refractivity contribution in [2.45, 2.75) is 26.8 Å². The number of pyridine rings is 1. The zero-order valence-electron chi connectivity index (χ0n) is 14.0. The molecule has 0 saturated carbocycles. The quantitative estimate of drug-likeness (QED) is 0.912. The Morgan fingerprint density at radius 1 is 1.29 bits per heavy atom. The molecule has 24 heavy (non-hydrogen) atoms. The maximum absolute atomic E-state index is 12.2. The number of hydrogen-bond acceptors (Lipinski definition) is 5. The lowest BCUT2D eigenvalue weighted by Gasteiger charge is -2.13. The van der Waals surface area contributed by atoms with Crippen LogP contribution in [0.15, 0.2) is 24.4 Å². The number of nitrogens with zero attached hydrogens (tertiary/aromatic N) is 1. The maximum atomic E-state index is 12.2. The third-order valence-corrected chi connectivity index (χ3v) is 4.00. The van der Waals surface area contributed by atoms with Crippen molar-refractivity contribution >= 4 is 5.91 Å². The predicted molar refractivity (Wildman–Crippen MR) is 88.4 cm³/mol. The third kappa shape index (κ3) is 3.27. The molecule has 0 atom stereocenters. The molecule has 0 fully saturated rings. The van der Waals surface area contributed by atoms with Gasteiger partial charge in [0.1, 0.15) is 5.75 Å². The van der Waals surface area contributed by atoms with Gasteiger partial charge in [-0.15, -0.1) is 0 Å². The van der Waals surface area contributed by atoms with Crippen LogP contribution in [0, 0.1) is 13.8 Å². The van der Waals surface area contributed by atoms with E-state index in [0.29, 0.717) is 18.0 Å². The molecule has 1 amide bonds. The van der Waals surface area contributed by atoms with Crippen LogP contribution in [0.3, 0.4) is 0 Å². The van der Waals surface area contributed by atoms with Gasteiger partial charge in [-0.1, -0.05) is 6.07 Å². The number of aryl methyl sites for hydroxylation is 1. The average molecular weight is 328 g/mol. The Labute approximate surface area is 140 Å². The number of aromatic nitrogens is 1. The first-order valence-corrected chi connectivity index (χ1v) is 7.72. The largest absolute Gasteiger partial charge is 0.496 e. The summed E-state index contributed by atoms with van der Waals surface area (Å²) < 4.78 is 16.0. The van der Waals surface area contributed by atoms with E-state index in [4.69, 9.17) is 14.2 Å². The van der Waals surface area contributed by atoms with Crippen molar-refractivity contribution < 1.29 is 19.0 Å². The standard InChI is InChI=1S/C18H20N2O4/c1-11-8-19-14(12(2)18(11)22-3)9-20-17(21)7-13-4-5-15-16(6-13)24-10-23-15/h4-6,8H,7,9-10H2,1-3H3,(H,20,21). The Bertz CT molecular complexity index is 774. The Morgan fingerprint density at radius 2 is 2.08 bits per heavy atom. The van der Waals surface area contributed by atoms with Gasteiger partial charge >= 0.3 is 0 Å². The first-order valence-electron chi connectivity index (χ1n) is 7.72. The van der Waals surface area contributed by atoms with E-state index >= 15 is 0 Å². The summed E-state index contributed by atoms with van der Waals surface area (Å²) in [6.45, 7) is 4.48. The van der Waals surface area contributed by atoms with Crippen LogP contribution < -0.4 is 19.5 Å². The number of fused-ring (bicyclic) bond motifs is 1. The lowest BCUT2D eigenvalue weighted by atomic mass is 10.1. The SMILES string of the molecule is COc1c(C)cnc(CNC(=O)Cc2ccc3c(c2)OCO3)c1C. The van der Waals surface area contributed by atoms with Crippen LogP contribution >= 0.6 is 0 Å². The van der Waals surface area contributed by atoms with Crippen molar-refractivity contribution in [2.75, 3.05) is 13.9 Å². The molecule has 2 aromatic rings. The molecule has 6 nitrogen and oxygen atoms in total. The normalized spacial score (nSPS) is 12.1. The monoisotopic (exact) mass is 328 g/mol. The van der Waals surface area contributed by atoms with Crippen LogP contribution in [0.1, 0.15) is 22.4 Å². The zero-order chi connectivity index (χ0) is 17.1. The molecule has 0 spiro atoms. The molecule has 0 aliphatic carbocycles. The molecule has 0 unspecified atom stereocenters. The summed E-state index contributed by atoms with van der Waals surface area (Å²) in [5.41, 5.74) is 3.60. The van der Waals surface area contributed by atoms with Crippen molar-refractivity contribution in [3.05, 3.63) is 46.8 Å². The lowest BCUT2D eigenvalue weighted by molar-refractivity contribution is -0.120. The molecule has 1 aromatic heterocycles. The van der Waals surface area contributed by atoms with Crippen molar-refractivity contribution in [1.82, 2.24) is 10.3 Å². The van der Waals surface area contributed by atoms with Crippen molar-refractivity contribution in [1.29, 1.82) is 0 Å². The van der Waals surface area contributed by atoms with Gasteiger partial charge in [-0.3, -0.25) is 9.78 Å². The van der Waals surface area contributed by atoms with E-state index in [0.717, 1.165) is 28.1 Å². The molecule has 2 heterocycles. The van der Waals surface area contributed by atoms with E-state index in [1.54, 1.807) is 13.3 Å². The maximum Gasteiger partial charge on any atom is 0.231 e. The molecule has 1 N–H and O–H groups in total. The molecule has 1 aromatic carbocycles. The fourth-order valence-corrected chi connectivity index (χ4v) is 2.73. The Morgan fingerprint density at radius 3 is 2.88 bits per heavy atom. The topological polar surface area (TPSA) is 69.7 Å². The van der Waals surface area contributed by atoms with E-state index in [1.807, 2.05) is 32.0 Å². The van der Waals surface area contributed by atoms with Crippen LogP contribution in [-0.4, -0.2) is 24.8 Å². The van der Waals surface area contributed by atoms with Gasteiger partial charge in [-0.05, 0) is 31.5 Å². The molecular formula is C18H20N2O4. The number of amides is 1. The minimum Gasteiger partial charge on any atom is -0.496 e. The summed E-state index contributed by atoms with van der Waals surface area (Å²) in [6.07, 6.45) is 2.03. The Balaban J connectivity index is 1.62. The van der Waals surface area contributed by atoms with Gasteiger partial charge in [-0.2, -0.15) is 0 Å². The fourth-order valence-electron chi connectivity index (χ4n) is 2.73. The number of rotatable bonds is 5. The summed E-state index contributed by atoms with van der Waals surface area (Å²) in [7, 11) is 1.64. The van der Waals surface area contributed by atoms with E-state index in [1.165, 1.54) is 0 Å². The van der Waals surface area contributed by atoms with Gasteiger partial charge in [0.05, 0.1) is 25.8 Å². The second-order valence-electron chi connectivity index (χ2n) is 5.69. The second kappa shape index (κ2) is 6.78. The summed E-state index contributed by atoms with van der Waals surface area (Å²) >= 11 is 0. The van der Waals surface area contributed by atoms with Crippen LogP contribution in [-0.2, 0) is 17.8 Å². The summed E-state index contributed by atoms with van der Waals surface area (Å²) in [5, 5.41) is 2.90. The van der Waals surface area contributed by atoms with Gasteiger partial charge in [-0.25, -0.2) is 0 Å². The van der Waals surface area contributed by atoms with E-state index in [9.17, 15) is 4.79 Å². The zero-order valence-corrected chi connectivity index (χ0v) is 14.0. The molecular weight excluding hydrogens is 308 g/mol. The molecule has 6 heteroatoms. The molecule has 126 valence electrons. The molecule has 0 bridgehead atoms. The minimum absolute atomic E-state index is 0.0744. The number of benzene rings is 1. The molecule has 1 aliphatic rings. The molecule has 1 aliphatic heterocycles. The van der Waals surface area contributed by atoms with E-state index in [-0.39, 0.29) is 19.1 Å². The summed E-state index contributed by atoms with van der Waals surface area (Å²) in [4.78, 5) is 16.6. The highest BCUT2D eigenvalue weighted by atomic mass is 16.7. The number of carbonyl (C=O) groups is 1. The number of carbonyl (C=O) groups excluding carboxylic acids is 1. The summed E-state index contributed by atoms with van der Waals surface area (Å²) in [5.74, 6) is 2.13. The number of ether oxygens (including phenoxy) is 3. The lowest BCUT2D eigenvalue weighted by Crippen LogP contribution is -2.25. The molecule has 3 rings (SSSR count). The van der Waals surface area contributed by atoms with Gasteiger partial charge in [0.15, 0.2) is 11.5 Å².